The Bertz CT molecular complexity index is 444. The molecular weight excluding hydrogens is 294 g/mol. The van der Waals surface area contributed by atoms with Gasteiger partial charge in [0.2, 0.25) is 11.8 Å². The average molecular weight is 323 g/mol. The van der Waals surface area contributed by atoms with E-state index in [2.05, 4.69) is 10.2 Å². The molecule has 130 valence electrons. The topological polar surface area (TPSA) is 69.7 Å². The van der Waals surface area contributed by atoms with Crippen molar-refractivity contribution in [2.45, 2.75) is 39.5 Å². The first-order chi connectivity index (χ1) is 11.0. The van der Waals surface area contributed by atoms with Crippen molar-refractivity contribution in [3.8, 4) is 0 Å². The van der Waals surface area contributed by atoms with Crippen molar-refractivity contribution in [2.75, 3.05) is 39.3 Å². The number of nitrogens with one attached hydrogen (secondary N) is 1. The third-order valence-corrected chi connectivity index (χ3v) is 5.17. The van der Waals surface area contributed by atoms with Gasteiger partial charge in [-0.15, -0.1) is 0 Å². The third kappa shape index (κ3) is 5.03. The minimum absolute atomic E-state index is 0.0345. The van der Waals surface area contributed by atoms with Crippen LogP contribution in [0.3, 0.4) is 0 Å². The first kappa shape index (κ1) is 17.9. The predicted molar refractivity (Wildman–Crippen MR) is 87.8 cm³/mol. The highest BCUT2D eigenvalue weighted by atomic mass is 16.2. The Hall–Kier alpha value is -1.43. The monoisotopic (exact) mass is 323 g/mol. The van der Waals surface area contributed by atoms with Crippen LogP contribution in [0.25, 0.3) is 0 Å². The zero-order valence-electron chi connectivity index (χ0n) is 14.3. The lowest BCUT2D eigenvalue weighted by molar-refractivity contribution is -0.134. The normalized spacial score (nSPS) is 25.9. The van der Waals surface area contributed by atoms with Crippen LogP contribution in [0, 0.1) is 11.8 Å². The number of nitrogens with zero attached hydrogens (tertiary/aromatic N) is 2. The average Bonchev–Trinajstić information content (AvgIpc) is 2.55. The number of hydrogen-bond donors (Lipinski definition) is 1. The molecule has 1 aliphatic heterocycles. The zero-order valence-corrected chi connectivity index (χ0v) is 14.3. The van der Waals surface area contributed by atoms with Gasteiger partial charge in [-0.3, -0.25) is 19.3 Å². The van der Waals surface area contributed by atoms with E-state index in [-0.39, 0.29) is 29.4 Å². The van der Waals surface area contributed by atoms with Crippen LogP contribution in [0.4, 0.5) is 0 Å². The molecule has 6 heteroatoms. The molecule has 1 saturated carbocycles. The Labute approximate surface area is 138 Å². The second-order valence-electron chi connectivity index (χ2n) is 6.75. The maximum atomic E-state index is 12.4. The molecule has 1 N–H and O–H groups in total. The van der Waals surface area contributed by atoms with E-state index in [1.807, 2.05) is 4.90 Å². The summed E-state index contributed by atoms with van der Waals surface area (Å²) in [5.41, 5.74) is 0. The number of piperazine rings is 1. The lowest BCUT2D eigenvalue weighted by atomic mass is 9.77. The van der Waals surface area contributed by atoms with Gasteiger partial charge in [0.25, 0.3) is 0 Å². The molecule has 2 aliphatic rings. The van der Waals surface area contributed by atoms with E-state index in [0.717, 1.165) is 58.4 Å². The third-order valence-electron chi connectivity index (χ3n) is 5.17. The summed E-state index contributed by atoms with van der Waals surface area (Å²) in [6, 6.07) is 0. The minimum Gasteiger partial charge on any atom is -0.355 e. The number of amides is 2. The van der Waals surface area contributed by atoms with E-state index in [4.69, 9.17) is 0 Å². The van der Waals surface area contributed by atoms with Gasteiger partial charge >= 0.3 is 0 Å². The molecule has 1 heterocycles. The van der Waals surface area contributed by atoms with Crippen LogP contribution in [0.1, 0.15) is 39.5 Å². The van der Waals surface area contributed by atoms with E-state index in [9.17, 15) is 14.4 Å². The molecule has 1 aliphatic carbocycles. The van der Waals surface area contributed by atoms with Gasteiger partial charge in [-0.2, -0.15) is 0 Å². The summed E-state index contributed by atoms with van der Waals surface area (Å²) in [6.45, 7) is 7.85. The first-order valence-electron chi connectivity index (χ1n) is 8.75. The molecule has 2 atom stereocenters. The van der Waals surface area contributed by atoms with Crippen molar-refractivity contribution in [3.05, 3.63) is 0 Å². The molecule has 2 amide bonds. The summed E-state index contributed by atoms with van der Waals surface area (Å²) in [7, 11) is 0. The summed E-state index contributed by atoms with van der Waals surface area (Å²) < 4.78 is 0. The van der Waals surface area contributed by atoms with Crippen molar-refractivity contribution in [1.82, 2.24) is 15.1 Å². The maximum Gasteiger partial charge on any atom is 0.223 e. The van der Waals surface area contributed by atoms with Crippen LogP contribution < -0.4 is 5.32 Å². The summed E-state index contributed by atoms with van der Waals surface area (Å²) in [4.78, 5) is 39.5. The summed E-state index contributed by atoms with van der Waals surface area (Å²) in [5, 5.41) is 3.01. The molecule has 0 aromatic rings. The van der Waals surface area contributed by atoms with Gasteiger partial charge in [0.1, 0.15) is 5.78 Å². The number of carbonyl (C=O) groups is 3. The van der Waals surface area contributed by atoms with Gasteiger partial charge in [-0.1, -0.05) is 12.8 Å². The number of Topliss-reactive ketones (excluding diaryl/α,β-unsaturated/α-hetero) is 1. The molecule has 1 saturated heterocycles. The second-order valence-corrected chi connectivity index (χ2v) is 6.75. The Balaban J connectivity index is 1.70. The SMILES string of the molecule is CC(=O)[C@@H]1CCCCC1C(=O)NCCN1CCN(C(C)=O)CC1. The Morgan fingerprint density at radius 1 is 0.957 bits per heavy atom. The van der Waals surface area contributed by atoms with E-state index in [0.29, 0.717) is 6.54 Å². The number of ketones is 1. The summed E-state index contributed by atoms with van der Waals surface area (Å²) in [5.74, 6) is 0.0710. The Kier molecular flexibility index (Phi) is 6.57. The molecule has 6 nitrogen and oxygen atoms in total. The van der Waals surface area contributed by atoms with Crippen molar-refractivity contribution < 1.29 is 14.4 Å². The lowest BCUT2D eigenvalue weighted by Gasteiger charge is -2.34. The fraction of sp³-hybridized carbons (Fsp3) is 0.824. The Morgan fingerprint density at radius 3 is 2.13 bits per heavy atom. The van der Waals surface area contributed by atoms with Gasteiger partial charge < -0.3 is 10.2 Å². The van der Waals surface area contributed by atoms with Crippen molar-refractivity contribution >= 4 is 17.6 Å². The molecule has 2 rings (SSSR count). The smallest absolute Gasteiger partial charge is 0.223 e. The number of hydrogen-bond acceptors (Lipinski definition) is 4. The van der Waals surface area contributed by atoms with Gasteiger partial charge in [-0.05, 0) is 19.8 Å². The molecule has 2 fully saturated rings. The molecule has 0 aromatic carbocycles. The predicted octanol–water partition coefficient (Wildman–Crippen LogP) is 0.662. The lowest BCUT2D eigenvalue weighted by Crippen LogP contribution is -2.50. The van der Waals surface area contributed by atoms with Crippen LogP contribution in [-0.2, 0) is 14.4 Å². The van der Waals surface area contributed by atoms with Gasteiger partial charge in [0.05, 0.1) is 0 Å². The van der Waals surface area contributed by atoms with Crippen LogP contribution in [0.5, 0.6) is 0 Å². The Morgan fingerprint density at radius 2 is 1.57 bits per heavy atom. The highest BCUT2D eigenvalue weighted by Gasteiger charge is 2.33. The number of rotatable bonds is 5. The van der Waals surface area contributed by atoms with Crippen LogP contribution >= 0.6 is 0 Å². The fourth-order valence-electron chi connectivity index (χ4n) is 3.69. The molecule has 0 aromatic heterocycles. The largest absolute Gasteiger partial charge is 0.355 e. The molecule has 0 spiro atoms. The van der Waals surface area contributed by atoms with Gasteiger partial charge in [0.15, 0.2) is 0 Å². The van der Waals surface area contributed by atoms with E-state index in [1.54, 1.807) is 13.8 Å². The highest BCUT2D eigenvalue weighted by molar-refractivity contribution is 5.87. The first-order valence-corrected chi connectivity index (χ1v) is 8.75. The van der Waals surface area contributed by atoms with Crippen molar-refractivity contribution in [1.29, 1.82) is 0 Å². The van der Waals surface area contributed by atoms with E-state index < -0.39 is 0 Å². The molecule has 1 unspecified atom stereocenters. The quantitative estimate of drug-likeness (QED) is 0.807. The highest BCUT2D eigenvalue weighted by Crippen LogP contribution is 2.30. The van der Waals surface area contributed by atoms with Crippen LogP contribution in [-0.4, -0.2) is 66.7 Å². The van der Waals surface area contributed by atoms with Crippen LogP contribution in [0.15, 0.2) is 0 Å². The number of carbonyl (C=O) groups excluding carboxylic acids is 3. The van der Waals surface area contributed by atoms with Crippen molar-refractivity contribution in [3.63, 3.8) is 0 Å². The maximum absolute atomic E-state index is 12.4. The second kappa shape index (κ2) is 8.43. The van der Waals surface area contributed by atoms with Crippen LogP contribution in [0.2, 0.25) is 0 Å². The standard InChI is InChI=1S/C17H29N3O3/c1-13(21)15-5-3-4-6-16(15)17(23)18-7-8-19-9-11-20(12-10-19)14(2)22/h15-16H,3-12H2,1-2H3,(H,18,23)/t15-,16?/m0/s1. The summed E-state index contributed by atoms with van der Waals surface area (Å²) in [6.07, 6.45) is 3.76. The van der Waals surface area contributed by atoms with Crippen molar-refractivity contribution in [2.24, 2.45) is 11.8 Å². The molecule has 23 heavy (non-hydrogen) atoms. The van der Waals surface area contributed by atoms with E-state index >= 15 is 0 Å². The van der Waals surface area contributed by atoms with E-state index in [1.165, 1.54) is 0 Å². The van der Waals surface area contributed by atoms with Gasteiger partial charge in [-0.25, -0.2) is 0 Å². The minimum atomic E-state index is -0.143. The van der Waals surface area contributed by atoms with Gasteiger partial charge in [0, 0.05) is 58.0 Å². The zero-order chi connectivity index (χ0) is 16.8. The molecule has 0 radical (unpaired) electrons. The molecule has 0 bridgehead atoms. The fourth-order valence-corrected chi connectivity index (χ4v) is 3.69. The molecular formula is C17H29N3O3. The summed E-state index contributed by atoms with van der Waals surface area (Å²) >= 11 is 0.